The number of rotatable bonds is 4. The van der Waals surface area contributed by atoms with Gasteiger partial charge in [0.1, 0.15) is 0 Å². The lowest BCUT2D eigenvalue weighted by Crippen LogP contribution is -2.37. The van der Waals surface area contributed by atoms with Crippen LogP contribution in [0.4, 0.5) is 4.79 Å². The molecule has 0 aliphatic carbocycles. The minimum Gasteiger partial charge on any atom is -0.465 e. The highest BCUT2D eigenvalue weighted by Gasteiger charge is 2.34. The van der Waals surface area contributed by atoms with Crippen LogP contribution in [0, 0.1) is 0 Å². The fourth-order valence-electron chi connectivity index (χ4n) is 2.17. The summed E-state index contributed by atoms with van der Waals surface area (Å²) in [6.45, 7) is 0.952. The van der Waals surface area contributed by atoms with Gasteiger partial charge in [-0.05, 0) is 12.0 Å². The maximum Gasteiger partial charge on any atom is 0.407 e. The molecule has 2 atom stereocenters. The van der Waals surface area contributed by atoms with Crippen molar-refractivity contribution < 1.29 is 19.7 Å². The minimum atomic E-state index is -1.00. The van der Waals surface area contributed by atoms with Gasteiger partial charge in [0.25, 0.3) is 0 Å². The summed E-state index contributed by atoms with van der Waals surface area (Å²) < 4.78 is 5.52. The summed E-state index contributed by atoms with van der Waals surface area (Å²) in [6, 6.07) is 9.46. The molecule has 1 amide bonds. The normalized spacial score (nSPS) is 23.3. The first kappa shape index (κ1) is 12.9. The average Bonchev–Trinajstić information content (AvgIpc) is 2.72. The molecule has 0 aromatic heterocycles. The molecule has 0 radical (unpaired) electrons. The van der Waals surface area contributed by atoms with Gasteiger partial charge in [0.15, 0.2) is 0 Å². The van der Waals surface area contributed by atoms with Crippen molar-refractivity contribution in [2.45, 2.75) is 25.2 Å². The van der Waals surface area contributed by atoms with Gasteiger partial charge >= 0.3 is 6.09 Å². The lowest BCUT2D eigenvalue weighted by molar-refractivity contribution is 0.0643. The van der Waals surface area contributed by atoms with Crippen molar-refractivity contribution in [3.8, 4) is 0 Å². The molecule has 1 aliphatic heterocycles. The number of nitrogens with zero attached hydrogens (tertiary/aromatic N) is 1. The van der Waals surface area contributed by atoms with Crippen LogP contribution in [0.2, 0.25) is 0 Å². The van der Waals surface area contributed by atoms with E-state index in [2.05, 4.69) is 0 Å². The van der Waals surface area contributed by atoms with Crippen molar-refractivity contribution in [1.29, 1.82) is 0 Å². The molecule has 1 aromatic carbocycles. The molecule has 98 valence electrons. The van der Waals surface area contributed by atoms with Crippen LogP contribution in [0.3, 0.4) is 0 Å². The van der Waals surface area contributed by atoms with Crippen molar-refractivity contribution in [2.75, 3.05) is 13.2 Å². The van der Waals surface area contributed by atoms with E-state index in [4.69, 9.17) is 9.84 Å². The number of carboxylic acid groups (broad SMARTS) is 1. The highest BCUT2D eigenvalue weighted by Crippen LogP contribution is 2.18. The van der Waals surface area contributed by atoms with Crippen molar-refractivity contribution >= 4 is 6.09 Å². The van der Waals surface area contributed by atoms with Crippen LogP contribution in [0.15, 0.2) is 30.3 Å². The second-order valence-corrected chi connectivity index (χ2v) is 4.48. The van der Waals surface area contributed by atoms with E-state index in [-0.39, 0.29) is 12.6 Å². The van der Waals surface area contributed by atoms with Crippen molar-refractivity contribution in [1.82, 2.24) is 4.90 Å². The summed E-state index contributed by atoms with van der Waals surface area (Å²) >= 11 is 0. The Labute approximate surface area is 106 Å². The molecule has 1 aliphatic rings. The highest BCUT2D eigenvalue weighted by molar-refractivity contribution is 5.66. The van der Waals surface area contributed by atoms with Crippen LogP contribution in [-0.4, -0.2) is 46.5 Å². The average molecular weight is 251 g/mol. The van der Waals surface area contributed by atoms with Gasteiger partial charge in [-0.15, -0.1) is 0 Å². The molecule has 1 heterocycles. The molecule has 0 unspecified atom stereocenters. The highest BCUT2D eigenvalue weighted by atomic mass is 16.5. The summed E-state index contributed by atoms with van der Waals surface area (Å²) in [5, 5.41) is 18.5. The second-order valence-electron chi connectivity index (χ2n) is 4.48. The first-order valence-corrected chi connectivity index (χ1v) is 5.96. The maximum atomic E-state index is 10.9. The van der Waals surface area contributed by atoms with E-state index in [0.717, 1.165) is 5.56 Å². The van der Waals surface area contributed by atoms with E-state index in [1.165, 1.54) is 4.90 Å². The Morgan fingerprint density at radius 3 is 2.78 bits per heavy atom. The van der Waals surface area contributed by atoms with E-state index in [1.54, 1.807) is 0 Å². The van der Waals surface area contributed by atoms with Crippen LogP contribution in [0.5, 0.6) is 0 Å². The van der Waals surface area contributed by atoms with Crippen molar-refractivity contribution in [2.24, 2.45) is 0 Å². The minimum absolute atomic E-state index is 0.175. The molecule has 1 saturated heterocycles. The summed E-state index contributed by atoms with van der Waals surface area (Å²) in [4.78, 5) is 12.2. The van der Waals surface area contributed by atoms with E-state index in [1.807, 2.05) is 30.3 Å². The Bertz CT molecular complexity index is 395. The van der Waals surface area contributed by atoms with E-state index < -0.39 is 12.2 Å². The van der Waals surface area contributed by atoms with E-state index in [9.17, 15) is 9.90 Å². The number of likely N-dealkylation sites (tertiary alicyclic amines) is 1. The van der Waals surface area contributed by atoms with Crippen molar-refractivity contribution in [3.63, 3.8) is 0 Å². The molecule has 5 nitrogen and oxygen atoms in total. The van der Waals surface area contributed by atoms with Gasteiger partial charge in [-0.3, -0.25) is 0 Å². The smallest absolute Gasteiger partial charge is 0.407 e. The molecule has 2 N–H and O–H groups in total. The predicted molar refractivity (Wildman–Crippen MR) is 65.2 cm³/mol. The van der Waals surface area contributed by atoms with E-state index >= 15 is 0 Å². The summed E-state index contributed by atoms with van der Waals surface area (Å²) in [5.41, 5.74) is 1.05. The Kier molecular flexibility index (Phi) is 4.17. The Balaban J connectivity index is 1.81. The Hall–Kier alpha value is -1.59. The molecule has 18 heavy (non-hydrogen) atoms. The number of ether oxygens (including phenoxy) is 1. The zero-order valence-electron chi connectivity index (χ0n) is 10.0. The number of benzene rings is 1. The molecule has 1 aromatic rings. The van der Waals surface area contributed by atoms with Crippen molar-refractivity contribution in [3.05, 3.63) is 35.9 Å². The van der Waals surface area contributed by atoms with E-state index in [0.29, 0.717) is 19.6 Å². The van der Waals surface area contributed by atoms with Gasteiger partial charge < -0.3 is 19.8 Å². The van der Waals surface area contributed by atoms with Gasteiger partial charge in [-0.1, -0.05) is 30.3 Å². The lowest BCUT2D eigenvalue weighted by atomic mass is 10.2. The molecular weight excluding hydrogens is 234 g/mol. The van der Waals surface area contributed by atoms with Gasteiger partial charge in [-0.2, -0.15) is 0 Å². The SMILES string of the molecule is O=C(O)N1C[C@H](O)C[C@H]1COCc1ccccc1. The predicted octanol–water partition coefficient (Wildman–Crippen LogP) is 1.32. The first-order valence-electron chi connectivity index (χ1n) is 5.96. The molecule has 0 spiro atoms. The number of β-amino-alcohol motifs (C(OH)–C–C–N with tert-alkyl or cyclic N) is 1. The number of amides is 1. The number of carbonyl (C=O) groups is 1. The quantitative estimate of drug-likeness (QED) is 0.846. The second kappa shape index (κ2) is 5.84. The largest absolute Gasteiger partial charge is 0.465 e. The Morgan fingerprint density at radius 1 is 1.39 bits per heavy atom. The summed E-state index contributed by atoms with van der Waals surface area (Å²) in [7, 11) is 0. The molecule has 0 bridgehead atoms. The number of hydrogen-bond donors (Lipinski definition) is 2. The topological polar surface area (TPSA) is 70.0 Å². The van der Waals surface area contributed by atoms with Crippen LogP contribution in [0.25, 0.3) is 0 Å². The standard InChI is InChI=1S/C13H17NO4/c15-12-6-11(14(7-12)13(16)17)9-18-8-10-4-2-1-3-5-10/h1-5,11-12,15H,6-9H2,(H,16,17)/t11-,12+/m0/s1. The zero-order valence-corrected chi connectivity index (χ0v) is 10.0. The third kappa shape index (κ3) is 3.21. The van der Waals surface area contributed by atoms with Crippen LogP contribution in [-0.2, 0) is 11.3 Å². The van der Waals surface area contributed by atoms with Crippen LogP contribution >= 0.6 is 0 Å². The fraction of sp³-hybridized carbons (Fsp3) is 0.462. The fourth-order valence-corrected chi connectivity index (χ4v) is 2.17. The zero-order chi connectivity index (χ0) is 13.0. The summed E-state index contributed by atoms with van der Waals surface area (Å²) in [5.74, 6) is 0. The molecule has 0 saturated carbocycles. The maximum absolute atomic E-state index is 10.9. The molecular formula is C13H17NO4. The monoisotopic (exact) mass is 251 g/mol. The number of aliphatic hydroxyl groups is 1. The van der Waals surface area contributed by atoms with Gasteiger partial charge in [-0.25, -0.2) is 4.79 Å². The molecule has 2 rings (SSSR count). The van der Waals surface area contributed by atoms with Gasteiger partial charge in [0.05, 0.1) is 31.9 Å². The molecule has 5 heteroatoms. The summed E-state index contributed by atoms with van der Waals surface area (Å²) in [6.07, 6.45) is -1.13. The van der Waals surface area contributed by atoms with Gasteiger partial charge in [0, 0.05) is 0 Å². The Morgan fingerprint density at radius 2 is 2.11 bits per heavy atom. The lowest BCUT2D eigenvalue weighted by Gasteiger charge is -2.20. The van der Waals surface area contributed by atoms with Crippen LogP contribution < -0.4 is 0 Å². The van der Waals surface area contributed by atoms with Crippen LogP contribution in [0.1, 0.15) is 12.0 Å². The van der Waals surface area contributed by atoms with Gasteiger partial charge in [0.2, 0.25) is 0 Å². The number of aliphatic hydroxyl groups excluding tert-OH is 1. The number of hydrogen-bond acceptors (Lipinski definition) is 3. The first-order chi connectivity index (χ1) is 8.66. The molecule has 1 fully saturated rings. The third-order valence-electron chi connectivity index (χ3n) is 3.06. The third-order valence-corrected chi connectivity index (χ3v) is 3.06.